The summed E-state index contributed by atoms with van der Waals surface area (Å²) < 4.78 is 22.7. The molecule has 0 saturated heterocycles. The topological polar surface area (TPSA) is 216 Å². The van der Waals surface area contributed by atoms with E-state index in [1.54, 1.807) is 24.3 Å². The Labute approximate surface area is 399 Å². The van der Waals surface area contributed by atoms with Crippen LogP contribution in [0.3, 0.4) is 0 Å². The minimum absolute atomic E-state index is 0.120. The fourth-order valence-electron chi connectivity index (χ4n) is 6.59. The molecule has 21 heteroatoms. The molecule has 0 radical (unpaired) electrons. The van der Waals surface area contributed by atoms with Gasteiger partial charge in [0.15, 0.2) is 6.29 Å². The fourth-order valence-corrected chi connectivity index (χ4v) is 7.02. The summed E-state index contributed by atoms with van der Waals surface area (Å²) in [4.78, 5) is 53.0. The molecule has 4 aromatic rings. The van der Waals surface area contributed by atoms with E-state index in [9.17, 15) is 29.8 Å². The van der Waals surface area contributed by atoms with Crippen molar-refractivity contribution in [2.75, 3.05) is 82.0 Å². The molecule has 0 unspecified atom stereocenters. The lowest BCUT2D eigenvalue weighted by atomic mass is 10.2. The highest BCUT2D eigenvalue weighted by Crippen LogP contribution is 2.32. The van der Waals surface area contributed by atoms with Gasteiger partial charge in [-0.15, -0.1) is 10.2 Å². The molecule has 0 aliphatic carbocycles. The second kappa shape index (κ2) is 28.8. The smallest absolute Gasteiger partial charge is 0.307 e. The van der Waals surface area contributed by atoms with Gasteiger partial charge in [0.25, 0.3) is 11.4 Å². The van der Waals surface area contributed by atoms with Crippen molar-refractivity contribution < 1.29 is 38.4 Å². The van der Waals surface area contributed by atoms with Crippen molar-refractivity contribution in [1.29, 1.82) is 0 Å². The van der Waals surface area contributed by atoms with E-state index in [1.807, 2.05) is 52.0 Å². The summed E-state index contributed by atoms with van der Waals surface area (Å²) in [7, 11) is 0. The SMILES string of the molecule is CCOC(CCCN(CCC(=O)OCCN(CC)c1ccc(N=Nc2ccc([N+](=O)[O-])cc2Cl)cc1)CCC(=O)OCCN(CC)c1ccc(N=Nc2ccc([N+](=O)[O-])cc2Cl)cc1)OCC. The van der Waals surface area contributed by atoms with Crippen LogP contribution >= 0.6 is 23.2 Å². The van der Waals surface area contributed by atoms with Crippen LogP contribution in [0.1, 0.15) is 53.4 Å². The van der Waals surface area contributed by atoms with Gasteiger partial charge >= 0.3 is 11.9 Å². The van der Waals surface area contributed by atoms with Gasteiger partial charge in [-0.05, 0) is 108 Å². The normalized spacial score (nSPS) is 11.5. The Morgan fingerprint density at radius 2 is 1.01 bits per heavy atom. The van der Waals surface area contributed by atoms with Crippen LogP contribution in [0.5, 0.6) is 0 Å². The minimum atomic E-state index is -0.533. The van der Waals surface area contributed by atoms with Gasteiger partial charge < -0.3 is 33.6 Å². The standard InChI is InChI=1S/C46H57Cl2N9O10/c1-5-54(36-15-11-34(12-16-36)49-51-42-21-19-38(56(60)61)32-40(42)47)28-30-66-44(58)23-26-53(25-9-10-46(64-7-3)65-8-4)27-24-45(59)67-31-29-55(6-2)37-17-13-35(14-18-37)50-52-43-22-20-39(57(62)63)33-41(43)48/h11-22,32-33,46H,5-10,23-31H2,1-4H3. The highest BCUT2D eigenvalue weighted by atomic mass is 35.5. The van der Waals surface area contributed by atoms with Crippen LogP contribution < -0.4 is 9.80 Å². The van der Waals surface area contributed by atoms with Gasteiger partial charge in [0.05, 0.1) is 57.2 Å². The number of halogens is 2. The van der Waals surface area contributed by atoms with Crippen molar-refractivity contribution in [3.05, 3.63) is 115 Å². The van der Waals surface area contributed by atoms with Gasteiger partial charge in [-0.1, -0.05) is 23.2 Å². The highest BCUT2D eigenvalue weighted by molar-refractivity contribution is 6.33. The van der Waals surface area contributed by atoms with E-state index in [1.165, 1.54) is 36.4 Å². The van der Waals surface area contributed by atoms with Gasteiger partial charge in [-0.25, -0.2) is 0 Å². The molecule has 4 rings (SSSR count). The maximum absolute atomic E-state index is 13.0. The molecule has 0 N–H and O–H groups in total. The molecule has 67 heavy (non-hydrogen) atoms. The molecule has 0 amide bonds. The average Bonchev–Trinajstić information content (AvgIpc) is 3.32. The molecule has 4 aromatic carbocycles. The molecule has 0 aliphatic rings. The number of carbonyl (C=O) groups excluding carboxylic acids is 2. The number of hydrogen-bond donors (Lipinski definition) is 0. The second-order valence-corrected chi connectivity index (χ2v) is 15.5. The minimum Gasteiger partial charge on any atom is -0.464 e. The van der Waals surface area contributed by atoms with E-state index in [4.69, 9.17) is 42.1 Å². The Morgan fingerprint density at radius 3 is 1.37 bits per heavy atom. The molecule has 0 saturated carbocycles. The summed E-state index contributed by atoms with van der Waals surface area (Å²) >= 11 is 12.3. The predicted molar refractivity (Wildman–Crippen MR) is 257 cm³/mol. The first-order valence-electron chi connectivity index (χ1n) is 22.0. The highest BCUT2D eigenvalue weighted by Gasteiger charge is 2.17. The molecular weight excluding hydrogens is 909 g/mol. The lowest BCUT2D eigenvalue weighted by Crippen LogP contribution is -2.33. The van der Waals surface area contributed by atoms with E-state index < -0.39 is 9.85 Å². The third kappa shape index (κ3) is 18.6. The van der Waals surface area contributed by atoms with Crippen molar-refractivity contribution in [2.24, 2.45) is 20.5 Å². The van der Waals surface area contributed by atoms with Crippen LogP contribution in [0.4, 0.5) is 45.5 Å². The van der Waals surface area contributed by atoms with E-state index in [0.717, 1.165) is 17.8 Å². The van der Waals surface area contributed by atoms with Gasteiger partial charge in [-0.3, -0.25) is 29.8 Å². The molecule has 0 aliphatic heterocycles. The van der Waals surface area contributed by atoms with Crippen molar-refractivity contribution >= 4 is 80.6 Å². The van der Waals surface area contributed by atoms with Crippen LogP contribution in [-0.2, 0) is 28.5 Å². The second-order valence-electron chi connectivity index (χ2n) is 14.6. The number of nitro groups is 2. The van der Waals surface area contributed by atoms with Crippen LogP contribution in [0.15, 0.2) is 105 Å². The summed E-state index contributed by atoms with van der Waals surface area (Å²) in [5.74, 6) is -0.703. The summed E-state index contributed by atoms with van der Waals surface area (Å²) in [5, 5.41) is 38.8. The van der Waals surface area contributed by atoms with Crippen molar-refractivity contribution in [2.45, 2.75) is 59.7 Å². The summed E-state index contributed by atoms with van der Waals surface area (Å²) in [6, 6.07) is 22.6. The molecule has 0 atom stereocenters. The quantitative estimate of drug-likeness (QED) is 0.0156. The number of esters is 2. The number of azo groups is 2. The van der Waals surface area contributed by atoms with Crippen molar-refractivity contribution in [3.63, 3.8) is 0 Å². The summed E-state index contributed by atoms with van der Waals surface area (Å²) in [6.45, 7) is 12.8. The van der Waals surface area contributed by atoms with Gasteiger partial charge in [0, 0.05) is 75.0 Å². The van der Waals surface area contributed by atoms with Crippen molar-refractivity contribution in [3.8, 4) is 0 Å². The molecule has 19 nitrogen and oxygen atoms in total. The van der Waals surface area contributed by atoms with Gasteiger partial charge in [-0.2, -0.15) is 10.2 Å². The zero-order valence-corrected chi connectivity index (χ0v) is 39.6. The Hall–Kier alpha value is -6.12. The Balaban J connectivity index is 1.23. The number of likely N-dealkylation sites (N-methyl/N-ethyl adjacent to an activating group) is 2. The zero-order valence-electron chi connectivity index (χ0n) is 38.1. The molecule has 0 fully saturated rings. The van der Waals surface area contributed by atoms with E-state index in [0.29, 0.717) is 88.2 Å². The Kier molecular flexibility index (Phi) is 23.0. The predicted octanol–water partition coefficient (Wildman–Crippen LogP) is 11.3. The summed E-state index contributed by atoms with van der Waals surface area (Å²) in [6.07, 6.45) is 1.32. The number of anilines is 2. The van der Waals surface area contributed by atoms with E-state index in [-0.39, 0.29) is 65.7 Å². The number of rotatable bonds is 30. The molecule has 0 spiro atoms. The first kappa shape index (κ1) is 53.5. The number of benzene rings is 4. The maximum atomic E-state index is 13.0. The molecule has 360 valence electrons. The first-order valence-corrected chi connectivity index (χ1v) is 22.8. The summed E-state index contributed by atoms with van der Waals surface area (Å²) in [5.41, 5.74) is 3.26. The van der Waals surface area contributed by atoms with E-state index in [2.05, 4.69) is 35.2 Å². The van der Waals surface area contributed by atoms with Crippen LogP contribution in [-0.4, -0.2) is 105 Å². The van der Waals surface area contributed by atoms with Gasteiger partial charge in [0.1, 0.15) is 24.6 Å². The zero-order chi connectivity index (χ0) is 48.6. The maximum Gasteiger partial charge on any atom is 0.307 e. The molecule has 0 heterocycles. The fraction of sp³-hybridized carbons (Fsp3) is 0.435. The van der Waals surface area contributed by atoms with Crippen LogP contribution in [0.2, 0.25) is 10.0 Å². The number of hydrogen-bond acceptors (Lipinski definition) is 17. The lowest BCUT2D eigenvalue weighted by Gasteiger charge is -2.25. The van der Waals surface area contributed by atoms with E-state index >= 15 is 0 Å². The number of ether oxygens (including phenoxy) is 4. The molecular formula is C46H57Cl2N9O10. The number of nitrogens with zero attached hydrogens (tertiary/aromatic N) is 9. The Bertz CT molecular complexity index is 2120. The largest absolute Gasteiger partial charge is 0.464 e. The average molecular weight is 967 g/mol. The third-order valence-corrected chi connectivity index (χ3v) is 10.8. The number of carbonyl (C=O) groups is 2. The van der Waals surface area contributed by atoms with Crippen molar-refractivity contribution in [1.82, 2.24) is 4.90 Å². The molecule has 0 aromatic heterocycles. The number of nitro benzene ring substituents is 2. The van der Waals surface area contributed by atoms with Crippen LogP contribution in [0.25, 0.3) is 0 Å². The Morgan fingerprint density at radius 1 is 0.597 bits per heavy atom. The third-order valence-electron chi connectivity index (χ3n) is 10.2. The van der Waals surface area contributed by atoms with Crippen LogP contribution in [0, 0.1) is 20.2 Å². The first-order chi connectivity index (χ1) is 32.3. The number of non-ortho nitro benzene ring substituents is 2. The monoisotopic (exact) mass is 965 g/mol. The lowest BCUT2D eigenvalue weighted by molar-refractivity contribution is -0.385. The van der Waals surface area contributed by atoms with Gasteiger partial charge in [0.2, 0.25) is 0 Å². The molecule has 0 bridgehead atoms.